The lowest BCUT2D eigenvalue weighted by atomic mass is 10.4. The molecule has 1 heterocycles. The minimum atomic E-state index is -3.24. The number of rotatable bonds is 7. The van der Waals surface area contributed by atoms with Crippen LogP contribution in [0.25, 0.3) is 0 Å². The summed E-state index contributed by atoms with van der Waals surface area (Å²) in [4.78, 5) is 8.56. The van der Waals surface area contributed by atoms with Crippen molar-refractivity contribution in [3.05, 3.63) is 42.5 Å². The number of guanidine groups is 1. The van der Waals surface area contributed by atoms with Crippen LogP contribution < -0.4 is 10.6 Å². The molecule has 0 amide bonds. The van der Waals surface area contributed by atoms with Crippen molar-refractivity contribution in [2.45, 2.75) is 17.9 Å². The Morgan fingerprint density at radius 3 is 2.62 bits per heavy atom. The number of sulfone groups is 1. The molecule has 0 unspecified atom stereocenters. The fraction of sp³-hybridized carbons (Fsp3) is 0.400. The molecule has 0 aliphatic rings. The monoisotopic (exact) mass is 350 g/mol. The van der Waals surface area contributed by atoms with Gasteiger partial charge in [0, 0.05) is 20.6 Å². The Kier molecular flexibility index (Phi) is 6.30. The Bertz CT molecular complexity index is 770. The lowest BCUT2D eigenvalue weighted by molar-refractivity contribution is 0.592. The van der Waals surface area contributed by atoms with Crippen molar-refractivity contribution in [3.8, 4) is 0 Å². The van der Waals surface area contributed by atoms with Crippen LogP contribution in [0.4, 0.5) is 0 Å². The molecule has 0 saturated carbocycles. The van der Waals surface area contributed by atoms with Gasteiger partial charge < -0.3 is 10.6 Å². The molecule has 0 bridgehead atoms. The van der Waals surface area contributed by atoms with E-state index in [-0.39, 0.29) is 5.75 Å². The first-order valence-corrected chi connectivity index (χ1v) is 9.23. The Labute approximate surface area is 141 Å². The zero-order chi connectivity index (χ0) is 17.4. The number of hydrogen-bond acceptors (Lipinski definition) is 5. The lowest BCUT2D eigenvalue weighted by Gasteiger charge is -2.11. The van der Waals surface area contributed by atoms with Gasteiger partial charge in [-0.3, -0.25) is 9.67 Å². The number of aliphatic imine (C=N–C) groups is 1. The second-order valence-electron chi connectivity index (χ2n) is 5.14. The summed E-state index contributed by atoms with van der Waals surface area (Å²) < 4.78 is 26.0. The Morgan fingerprint density at radius 1 is 1.25 bits per heavy atom. The zero-order valence-electron chi connectivity index (χ0n) is 13.8. The van der Waals surface area contributed by atoms with Gasteiger partial charge in [0.15, 0.2) is 15.8 Å². The molecule has 2 aromatic rings. The highest BCUT2D eigenvalue weighted by Gasteiger charge is 2.13. The molecular weight excluding hydrogens is 328 g/mol. The van der Waals surface area contributed by atoms with Crippen LogP contribution in [0.1, 0.15) is 12.2 Å². The first kappa shape index (κ1) is 17.9. The van der Waals surface area contributed by atoms with Gasteiger partial charge in [-0.15, -0.1) is 0 Å². The van der Waals surface area contributed by atoms with Crippen molar-refractivity contribution in [2.75, 3.05) is 19.3 Å². The second kappa shape index (κ2) is 8.44. The molecule has 0 radical (unpaired) electrons. The number of nitrogens with zero attached hydrogens (tertiary/aromatic N) is 4. The van der Waals surface area contributed by atoms with Crippen LogP contribution in [0.2, 0.25) is 0 Å². The van der Waals surface area contributed by atoms with E-state index in [1.807, 2.05) is 7.05 Å². The summed E-state index contributed by atoms with van der Waals surface area (Å²) in [6, 6.07) is 8.48. The number of benzene rings is 1. The van der Waals surface area contributed by atoms with Crippen molar-refractivity contribution in [1.82, 2.24) is 25.4 Å². The van der Waals surface area contributed by atoms with Gasteiger partial charge in [-0.2, -0.15) is 5.10 Å². The van der Waals surface area contributed by atoms with Gasteiger partial charge in [-0.05, 0) is 18.6 Å². The average molecular weight is 350 g/mol. The van der Waals surface area contributed by atoms with Crippen LogP contribution in [0, 0.1) is 0 Å². The van der Waals surface area contributed by atoms with Crippen LogP contribution in [0.3, 0.4) is 0 Å². The topological polar surface area (TPSA) is 101 Å². The molecule has 2 N–H and O–H groups in total. The predicted molar refractivity (Wildman–Crippen MR) is 92.3 cm³/mol. The fourth-order valence-corrected chi connectivity index (χ4v) is 3.41. The first-order valence-electron chi connectivity index (χ1n) is 7.58. The molecule has 1 aromatic carbocycles. The van der Waals surface area contributed by atoms with Gasteiger partial charge in [0.1, 0.15) is 12.2 Å². The van der Waals surface area contributed by atoms with Crippen LogP contribution in [-0.4, -0.2) is 48.5 Å². The summed E-state index contributed by atoms with van der Waals surface area (Å²) in [5.74, 6) is 1.46. The molecule has 0 atom stereocenters. The van der Waals surface area contributed by atoms with E-state index >= 15 is 0 Å². The molecule has 2 rings (SSSR count). The quantitative estimate of drug-likeness (QED) is 0.424. The van der Waals surface area contributed by atoms with E-state index in [2.05, 4.69) is 25.7 Å². The van der Waals surface area contributed by atoms with Gasteiger partial charge in [0.25, 0.3) is 0 Å². The molecule has 0 spiro atoms. The van der Waals surface area contributed by atoms with E-state index in [0.717, 1.165) is 5.82 Å². The minimum Gasteiger partial charge on any atom is -0.356 e. The fourth-order valence-electron chi connectivity index (χ4n) is 2.08. The van der Waals surface area contributed by atoms with E-state index in [4.69, 9.17) is 0 Å². The summed E-state index contributed by atoms with van der Waals surface area (Å²) >= 11 is 0. The molecular formula is C15H22N6O2S. The van der Waals surface area contributed by atoms with Crippen molar-refractivity contribution in [3.63, 3.8) is 0 Å². The van der Waals surface area contributed by atoms with E-state index in [0.29, 0.717) is 30.4 Å². The van der Waals surface area contributed by atoms with Crippen molar-refractivity contribution < 1.29 is 8.42 Å². The lowest BCUT2D eigenvalue weighted by Crippen LogP contribution is -2.38. The normalized spacial score (nSPS) is 12.2. The molecule has 24 heavy (non-hydrogen) atoms. The summed E-state index contributed by atoms with van der Waals surface area (Å²) in [5.41, 5.74) is 0. The maximum Gasteiger partial charge on any atom is 0.191 e. The summed E-state index contributed by atoms with van der Waals surface area (Å²) in [6.45, 7) is 0.989. The van der Waals surface area contributed by atoms with E-state index in [9.17, 15) is 8.42 Å². The Morgan fingerprint density at radius 2 is 2.00 bits per heavy atom. The molecule has 9 heteroatoms. The first-order chi connectivity index (χ1) is 11.5. The number of aromatic nitrogens is 3. The van der Waals surface area contributed by atoms with Crippen molar-refractivity contribution >= 4 is 15.8 Å². The maximum atomic E-state index is 12.2. The molecule has 0 aliphatic heterocycles. The zero-order valence-corrected chi connectivity index (χ0v) is 14.6. The highest BCUT2D eigenvalue weighted by Crippen LogP contribution is 2.10. The van der Waals surface area contributed by atoms with Crippen molar-refractivity contribution in [1.29, 1.82) is 0 Å². The van der Waals surface area contributed by atoms with E-state index in [1.165, 1.54) is 6.33 Å². The van der Waals surface area contributed by atoms with Gasteiger partial charge in [-0.25, -0.2) is 13.4 Å². The number of hydrogen-bond donors (Lipinski definition) is 2. The molecule has 130 valence electrons. The van der Waals surface area contributed by atoms with Crippen LogP contribution >= 0.6 is 0 Å². The highest BCUT2D eigenvalue weighted by molar-refractivity contribution is 7.91. The molecule has 0 saturated heterocycles. The largest absolute Gasteiger partial charge is 0.356 e. The third-order valence-electron chi connectivity index (χ3n) is 3.43. The second-order valence-corrected chi connectivity index (χ2v) is 7.25. The average Bonchev–Trinajstić information content (AvgIpc) is 3.00. The molecule has 1 aromatic heterocycles. The number of aryl methyl sites for hydroxylation is 1. The summed E-state index contributed by atoms with van der Waals surface area (Å²) in [7, 11) is 0.233. The van der Waals surface area contributed by atoms with E-state index < -0.39 is 9.84 Å². The minimum absolute atomic E-state index is 0.0876. The Balaban J connectivity index is 1.75. The SMILES string of the molecule is CN=C(NCCCS(=O)(=O)c1ccccc1)NCc1ncnn1C. The van der Waals surface area contributed by atoms with E-state index in [1.54, 1.807) is 42.1 Å². The van der Waals surface area contributed by atoms with Crippen molar-refractivity contribution in [2.24, 2.45) is 12.0 Å². The summed E-state index contributed by atoms with van der Waals surface area (Å²) in [6.07, 6.45) is 1.98. The van der Waals surface area contributed by atoms with Gasteiger partial charge in [-0.1, -0.05) is 18.2 Å². The molecule has 8 nitrogen and oxygen atoms in total. The predicted octanol–water partition coefficient (Wildman–Crippen LogP) is 0.344. The maximum absolute atomic E-state index is 12.2. The number of nitrogens with one attached hydrogen (secondary N) is 2. The third-order valence-corrected chi connectivity index (χ3v) is 5.24. The standard InChI is InChI=1S/C15H22N6O2S/c1-16-15(18-11-14-19-12-20-21(14)2)17-9-6-10-24(22,23)13-7-4-3-5-8-13/h3-5,7-8,12H,6,9-11H2,1-2H3,(H2,16,17,18). The molecule has 0 aliphatic carbocycles. The van der Waals surface area contributed by atoms with Crippen LogP contribution in [0.15, 0.2) is 46.5 Å². The van der Waals surface area contributed by atoms with Gasteiger partial charge in [0.2, 0.25) is 0 Å². The molecule has 0 fully saturated rings. The Hall–Kier alpha value is -2.42. The third kappa shape index (κ3) is 5.05. The summed E-state index contributed by atoms with van der Waals surface area (Å²) in [5, 5.41) is 10.2. The van der Waals surface area contributed by atoms with Crippen LogP contribution in [0.5, 0.6) is 0 Å². The highest BCUT2D eigenvalue weighted by atomic mass is 32.2. The smallest absolute Gasteiger partial charge is 0.191 e. The van der Waals surface area contributed by atoms with Gasteiger partial charge in [0.05, 0.1) is 17.2 Å². The van der Waals surface area contributed by atoms with Crippen LogP contribution in [-0.2, 0) is 23.4 Å². The van der Waals surface area contributed by atoms with Gasteiger partial charge >= 0.3 is 0 Å².